The maximum Gasteiger partial charge on any atom is 0.130 e. The van der Waals surface area contributed by atoms with Crippen molar-refractivity contribution in [3.63, 3.8) is 0 Å². The van der Waals surface area contributed by atoms with E-state index in [2.05, 4.69) is 28.7 Å². The van der Waals surface area contributed by atoms with Crippen LogP contribution in [0, 0.1) is 6.92 Å². The van der Waals surface area contributed by atoms with Crippen molar-refractivity contribution in [1.82, 2.24) is 9.55 Å². The molecule has 0 aliphatic heterocycles. The second-order valence-electron chi connectivity index (χ2n) is 4.00. The molecule has 1 aromatic carbocycles. The number of fused-ring (bicyclic) bond motifs is 3. The number of nitrogens with zero attached hydrogens (tertiary/aromatic N) is 2. The van der Waals surface area contributed by atoms with Gasteiger partial charge in [0, 0.05) is 23.3 Å². The van der Waals surface area contributed by atoms with Gasteiger partial charge in [-0.3, -0.25) is 0 Å². The fourth-order valence-electron chi connectivity index (χ4n) is 2.37. The van der Waals surface area contributed by atoms with E-state index in [0.717, 1.165) is 11.2 Å². The zero-order valence-corrected chi connectivity index (χ0v) is 9.92. The van der Waals surface area contributed by atoms with Gasteiger partial charge in [-0.1, -0.05) is 29.8 Å². The lowest BCUT2D eigenvalue weighted by atomic mass is 10.2. The van der Waals surface area contributed by atoms with Gasteiger partial charge in [-0.05, 0) is 19.1 Å². The molecule has 0 saturated carbocycles. The number of aromatic nitrogens is 2. The lowest BCUT2D eigenvalue weighted by Crippen LogP contribution is -1.91. The first-order valence-electron chi connectivity index (χ1n) is 5.19. The largest absolute Gasteiger partial charge is 0.342 e. The van der Waals surface area contributed by atoms with E-state index in [-0.39, 0.29) is 0 Å². The first kappa shape index (κ1) is 9.67. The van der Waals surface area contributed by atoms with E-state index in [0.29, 0.717) is 5.15 Å². The summed E-state index contributed by atoms with van der Waals surface area (Å²) in [6.45, 7) is 1.99. The van der Waals surface area contributed by atoms with Crippen molar-refractivity contribution in [3.8, 4) is 0 Å². The Bertz CT molecular complexity index is 698. The van der Waals surface area contributed by atoms with E-state index in [9.17, 15) is 0 Å². The Morgan fingerprint density at radius 3 is 2.75 bits per heavy atom. The third kappa shape index (κ3) is 1.17. The Hall–Kier alpha value is -1.54. The molecule has 0 atom stereocenters. The summed E-state index contributed by atoms with van der Waals surface area (Å²) in [7, 11) is 2.06. The molecule has 0 radical (unpaired) electrons. The first-order chi connectivity index (χ1) is 7.68. The van der Waals surface area contributed by atoms with Crippen molar-refractivity contribution in [2.24, 2.45) is 7.05 Å². The second-order valence-corrected chi connectivity index (χ2v) is 4.39. The van der Waals surface area contributed by atoms with E-state index in [1.807, 2.05) is 25.1 Å². The quantitative estimate of drug-likeness (QED) is 0.539. The van der Waals surface area contributed by atoms with E-state index in [1.54, 1.807) is 0 Å². The van der Waals surface area contributed by atoms with E-state index in [4.69, 9.17) is 11.6 Å². The molecule has 0 fully saturated rings. The minimum absolute atomic E-state index is 0.557. The smallest absolute Gasteiger partial charge is 0.130 e. The minimum Gasteiger partial charge on any atom is -0.342 e. The molecule has 0 aliphatic carbocycles. The molecule has 0 spiro atoms. The van der Waals surface area contributed by atoms with Gasteiger partial charge in [-0.2, -0.15) is 0 Å². The molecule has 0 N–H and O–H groups in total. The van der Waals surface area contributed by atoms with Gasteiger partial charge >= 0.3 is 0 Å². The Morgan fingerprint density at radius 1 is 1.19 bits per heavy atom. The van der Waals surface area contributed by atoms with E-state index < -0.39 is 0 Å². The number of para-hydroxylation sites is 1. The molecular weight excluding hydrogens is 220 g/mol. The molecule has 0 unspecified atom stereocenters. The average molecular weight is 231 g/mol. The molecule has 3 rings (SSSR count). The summed E-state index contributed by atoms with van der Waals surface area (Å²) in [5.74, 6) is 0. The zero-order valence-electron chi connectivity index (χ0n) is 9.16. The van der Waals surface area contributed by atoms with Crippen LogP contribution in [0.2, 0.25) is 5.15 Å². The molecule has 2 heterocycles. The average Bonchev–Trinajstić information content (AvgIpc) is 2.54. The molecule has 16 heavy (non-hydrogen) atoms. The van der Waals surface area contributed by atoms with E-state index in [1.165, 1.54) is 16.3 Å². The predicted molar refractivity (Wildman–Crippen MR) is 68.0 cm³/mol. The maximum atomic E-state index is 6.01. The number of aryl methyl sites for hydroxylation is 2. The third-order valence-corrected chi connectivity index (χ3v) is 3.22. The minimum atomic E-state index is 0.557. The van der Waals surface area contributed by atoms with Gasteiger partial charge in [-0.15, -0.1) is 0 Å². The standard InChI is InChI=1S/C13H11ClN2/c1-8-13-10(7-12(14)15-8)9-5-3-4-6-11(9)16(13)2/h3-7H,1-2H3. The van der Waals surface area contributed by atoms with Crippen LogP contribution in [0.25, 0.3) is 21.8 Å². The molecule has 0 aliphatic rings. The van der Waals surface area contributed by atoms with E-state index >= 15 is 0 Å². The van der Waals surface area contributed by atoms with Gasteiger partial charge in [0.05, 0.1) is 11.2 Å². The molecule has 0 amide bonds. The van der Waals surface area contributed by atoms with Crippen molar-refractivity contribution in [2.75, 3.05) is 0 Å². The third-order valence-electron chi connectivity index (χ3n) is 3.03. The van der Waals surface area contributed by atoms with Crippen LogP contribution < -0.4 is 0 Å². The number of halogens is 1. The molecular formula is C13H11ClN2. The lowest BCUT2D eigenvalue weighted by molar-refractivity contribution is 0.997. The number of hydrogen-bond donors (Lipinski definition) is 0. The molecule has 3 aromatic rings. The van der Waals surface area contributed by atoms with Crippen LogP contribution in [-0.4, -0.2) is 9.55 Å². The number of rotatable bonds is 0. The molecule has 0 saturated heterocycles. The number of hydrogen-bond acceptors (Lipinski definition) is 1. The maximum absolute atomic E-state index is 6.01. The highest BCUT2D eigenvalue weighted by Gasteiger charge is 2.11. The fourth-order valence-corrected chi connectivity index (χ4v) is 2.61. The van der Waals surface area contributed by atoms with Crippen LogP contribution in [0.1, 0.15) is 5.69 Å². The Labute approximate surface area is 98.5 Å². The Kier molecular flexibility index (Phi) is 1.95. The van der Waals surface area contributed by atoms with Gasteiger partial charge in [0.15, 0.2) is 0 Å². The lowest BCUT2D eigenvalue weighted by Gasteiger charge is -2.01. The Morgan fingerprint density at radius 2 is 1.94 bits per heavy atom. The van der Waals surface area contributed by atoms with Crippen LogP contribution >= 0.6 is 11.6 Å². The molecule has 0 bridgehead atoms. The van der Waals surface area contributed by atoms with Gasteiger partial charge in [0.2, 0.25) is 0 Å². The highest BCUT2D eigenvalue weighted by molar-refractivity contribution is 6.30. The highest BCUT2D eigenvalue weighted by Crippen LogP contribution is 2.30. The van der Waals surface area contributed by atoms with Crippen LogP contribution in [0.5, 0.6) is 0 Å². The number of benzene rings is 1. The van der Waals surface area contributed by atoms with Gasteiger partial charge < -0.3 is 4.57 Å². The normalized spacial score (nSPS) is 11.4. The summed E-state index contributed by atoms with van der Waals surface area (Å²) >= 11 is 6.01. The predicted octanol–water partition coefficient (Wildman–Crippen LogP) is 3.69. The molecule has 80 valence electrons. The van der Waals surface area contributed by atoms with Crippen molar-refractivity contribution in [3.05, 3.63) is 41.2 Å². The first-order valence-corrected chi connectivity index (χ1v) is 5.56. The highest BCUT2D eigenvalue weighted by atomic mass is 35.5. The van der Waals surface area contributed by atoms with Gasteiger partial charge in [-0.25, -0.2) is 4.98 Å². The molecule has 2 nitrogen and oxygen atoms in total. The van der Waals surface area contributed by atoms with Crippen molar-refractivity contribution in [1.29, 1.82) is 0 Å². The zero-order chi connectivity index (χ0) is 11.3. The topological polar surface area (TPSA) is 17.8 Å². The second kappa shape index (κ2) is 3.22. The monoisotopic (exact) mass is 230 g/mol. The SMILES string of the molecule is Cc1nc(Cl)cc2c3ccccc3n(C)c12. The summed E-state index contributed by atoms with van der Waals surface area (Å²) < 4.78 is 2.17. The summed E-state index contributed by atoms with van der Waals surface area (Å²) in [4.78, 5) is 4.30. The fraction of sp³-hybridized carbons (Fsp3) is 0.154. The van der Waals surface area contributed by atoms with Crippen LogP contribution in [-0.2, 0) is 7.05 Å². The summed E-state index contributed by atoms with van der Waals surface area (Å²) in [6, 6.07) is 10.3. The van der Waals surface area contributed by atoms with Crippen LogP contribution in [0.15, 0.2) is 30.3 Å². The molecule has 2 aromatic heterocycles. The van der Waals surface area contributed by atoms with Gasteiger partial charge in [0.1, 0.15) is 5.15 Å². The van der Waals surface area contributed by atoms with Crippen LogP contribution in [0.4, 0.5) is 0 Å². The van der Waals surface area contributed by atoms with Crippen molar-refractivity contribution >= 4 is 33.4 Å². The van der Waals surface area contributed by atoms with Crippen LogP contribution in [0.3, 0.4) is 0 Å². The van der Waals surface area contributed by atoms with Crippen molar-refractivity contribution in [2.45, 2.75) is 6.92 Å². The summed E-state index contributed by atoms with van der Waals surface area (Å²) in [6.07, 6.45) is 0. The van der Waals surface area contributed by atoms with Crippen molar-refractivity contribution < 1.29 is 0 Å². The van der Waals surface area contributed by atoms with Gasteiger partial charge in [0.25, 0.3) is 0 Å². The number of pyridine rings is 1. The Balaban J connectivity index is 2.67. The summed E-state index contributed by atoms with van der Waals surface area (Å²) in [5.41, 5.74) is 3.34. The summed E-state index contributed by atoms with van der Waals surface area (Å²) in [5, 5.41) is 2.96. The molecule has 3 heteroatoms.